The number of amides is 1. The molecule has 0 aliphatic carbocycles. The van der Waals surface area contributed by atoms with Gasteiger partial charge in [-0.3, -0.25) is 4.79 Å². The van der Waals surface area contributed by atoms with E-state index in [1.54, 1.807) is 0 Å². The van der Waals surface area contributed by atoms with Crippen molar-refractivity contribution in [2.45, 2.75) is 19.9 Å². The van der Waals surface area contributed by atoms with Crippen molar-refractivity contribution in [3.63, 3.8) is 0 Å². The van der Waals surface area contributed by atoms with Crippen molar-refractivity contribution in [1.82, 2.24) is 15.0 Å². The van der Waals surface area contributed by atoms with Crippen LogP contribution >= 0.6 is 0 Å². The SMILES string of the molecule is Cc1nc(NC(C)c2cccc(NC=O)c2)cc(-c2ccc3cc[nH]c3c2)n1. The van der Waals surface area contributed by atoms with Gasteiger partial charge in [0.1, 0.15) is 11.6 Å². The van der Waals surface area contributed by atoms with Crippen LogP contribution in [0, 0.1) is 6.92 Å². The van der Waals surface area contributed by atoms with E-state index in [1.165, 1.54) is 5.39 Å². The number of anilines is 2. The molecule has 1 atom stereocenters. The predicted molar refractivity (Wildman–Crippen MR) is 112 cm³/mol. The quantitative estimate of drug-likeness (QED) is 0.430. The van der Waals surface area contributed by atoms with E-state index in [1.807, 2.05) is 49.5 Å². The Balaban J connectivity index is 1.61. The molecule has 2 aromatic heterocycles. The molecule has 0 fully saturated rings. The Morgan fingerprint density at radius 1 is 1.07 bits per heavy atom. The van der Waals surface area contributed by atoms with Gasteiger partial charge in [-0.05, 0) is 49.1 Å². The second kappa shape index (κ2) is 7.52. The molecule has 3 N–H and O–H groups in total. The zero-order chi connectivity index (χ0) is 19.5. The first kappa shape index (κ1) is 17.7. The molecule has 4 aromatic rings. The average Bonchev–Trinajstić information content (AvgIpc) is 3.16. The van der Waals surface area contributed by atoms with Gasteiger partial charge in [0.2, 0.25) is 6.41 Å². The number of rotatable bonds is 6. The van der Waals surface area contributed by atoms with Crippen molar-refractivity contribution < 1.29 is 4.79 Å². The number of carbonyl (C=O) groups is 1. The maximum Gasteiger partial charge on any atom is 0.211 e. The molecule has 2 aromatic carbocycles. The number of aromatic amines is 1. The van der Waals surface area contributed by atoms with Gasteiger partial charge in [0.05, 0.1) is 11.7 Å². The van der Waals surface area contributed by atoms with E-state index in [-0.39, 0.29) is 6.04 Å². The first-order chi connectivity index (χ1) is 13.6. The molecule has 1 amide bonds. The van der Waals surface area contributed by atoms with Crippen LogP contribution < -0.4 is 10.6 Å². The van der Waals surface area contributed by atoms with Crippen LogP contribution in [0.1, 0.15) is 24.4 Å². The van der Waals surface area contributed by atoms with Gasteiger partial charge in [0.25, 0.3) is 0 Å². The molecule has 6 heteroatoms. The molecule has 0 bridgehead atoms. The van der Waals surface area contributed by atoms with E-state index in [2.05, 4.69) is 50.7 Å². The number of carbonyl (C=O) groups excluding carboxylic acids is 1. The van der Waals surface area contributed by atoms with E-state index in [0.717, 1.165) is 33.8 Å². The predicted octanol–water partition coefficient (Wildman–Crippen LogP) is 4.67. The number of benzene rings is 2. The van der Waals surface area contributed by atoms with Crippen molar-refractivity contribution in [1.29, 1.82) is 0 Å². The van der Waals surface area contributed by atoms with Crippen LogP contribution in [0.4, 0.5) is 11.5 Å². The topological polar surface area (TPSA) is 82.7 Å². The Hall–Kier alpha value is -3.67. The molecule has 28 heavy (non-hydrogen) atoms. The number of nitrogens with zero attached hydrogens (tertiary/aromatic N) is 2. The molecule has 0 saturated heterocycles. The molecule has 0 saturated carbocycles. The van der Waals surface area contributed by atoms with Crippen LogP contribution in [0.3, 0.4) is 0 Å². The number of nitrogens with one attached hydrogen (secondary N) is 3. The van der Waals surface area contributed by atoms with Gasteiger partial charge < -0.3 is 15.6 Å². The molecule has 140 valence electrons. The minimum atomic E-state index is 0.0152. The molecule has 0 spiro atoms. The Kier molecular flexibility index (Phi) is 4.76. The Morgan fingerprint density at radius 2 is 1.96 bits per heavy atom. The van der Waals surface area contributed by atoms with E-state index < -0.39 is 0 Å². The first-order valence-electron chi connectivity index (χ1n) is 9.12. The normalized spacial score (nSPS) is 11.9. The van der Waals surface area contributed by atoms with Crippen LogP contribution in [0.15, 0.2) is 60.8 Å². The summed E-state index contributed by atoms with van der Waals surface area (Å²) in [6.07, 6.45) is 2.61. The highest BCUT2D eigenvalue weighted by Gasteiger charge is 2.10. The summed E-state index contributed by atoms with van der Waals surface area (Å²) in [4.78, 5) is 23.0. The minimum absolute atomic E-state index is 0.0152. The first-order valence-corrected chi connectivity index (χ1v) is 9.12. The third kappa shape index (κ3) is 3.71. The van der Waals surface area contributed by atoms with Gasteiger partial charge in [-0.2, -0.15) is 0 Å². The number of hydrogen-bond donors (Lipinski definition) is 3. The van der Waals surface area contributed by atoms with E-state index in [0.29, 0.717) is 12.2 Å². The molecule has 2 heterocycles. The third-order valence-electron chi connectivity index (χ3n) is 4.67. The Morgan fingerprint density at radius 3 is 2.82 bits per heavy atom. The lowest BCUT2D eigenvalue weighted by molar-refractivity contribution is -0.105. The molecule has 0 aliphatic rings. The Labute approximate surface area is 163 Å². The fourth-order valence-electron chi connectivity index (χ4n) is 3.27. The summed E-state index contributed by atoms with van der Waals surface area (Å²) < 4.78 is 0. The second-order valence-corrected chi connectivity index (χ2v) is 6.72. The van der Waals surface area contributed by atoms with Crippen LogP contribution in [0.5, 0.6) is 0 Å². The summed E-state index contributed by atoms with van der Waals surface area (Å²) in [5, 5.41) is 7.29. The summed E-state index contributed by atoms with van der Waals surface area (Å²) in [5.74, 6) is 1.46. The molecule has 0 radical (unpaired) electrons. The summed E-state index contributed by atoms with van der Waals surface area (Å²) in [6, 6.07) is 18.0. The van der Waals surface area contributed by atoms with Gasteiger partial charge in [0.15, 0.2) is 0 Å². The van der Waals surface area contributed by atoms with Crippen LogP contribution in [0.2, 0.25) is 0 Å². The molecular formula is C22H21N5O. The monoisotopic (exact) mass is 371 g/mol. The van der Waals surface area contributed by atoms with E-state index in [9.17, 15) is 4.79 Å². The molecule has 0 aliphatic heterocycles. The van der Waals surface area contributed by atoms with Crippen molar-refractivity contribution in [3.05, 3.63) is 72.2 Å². The van der Waals surface area contributed by atoms with Crippen LogP contribution in [0.25, 0.3) is 22.2 Å². The highest BCUT2D eigenvalue weighted by atomic mass is 16.1. The van der Waals surface area contributed by atoms with Crippen molar-refractivity contribution in [2.24, 2.45) is 0 Å². The molecule has 4 rings (SSSR count). The Bertz CT molecular complexity index is 1130. The minimum Gasteiger partial charge on any atom is -0.363 e. The number of fused-ring (bicyclic) bond motifs is 1. The maximum absolute atomic E-state index is 10.7. The maximum atomic E-state index is 10.7. The number of H-pyrrole nitrogens is 1. The van der Waals surface area contributed by atoms with Crippen LogP contribution in [-0.4, -0.2) is 21.4 Å². The summed E-state index contributed by atoms with van der Waals surface area (Å²) in [6.45, 7) is 3.95. The van der Waals surface area contributed by atoms with Crippen molar-refractivity contribution in [3.8, 4) is 11.3 Å². The summed E-state index contributed by atoms with van der Waals surface area (Å²) >= 11 is 0. The molecule has 6 nitrogen and oxygen atoms in total. The van der Waals surface area contributed by atoms with Gasteiger partial charge in [-0.1, -0.05) is 24.3 Å². The fourth-order valence-corrected chi connectivity index (χ4v) is 3.27. The highest BCUT2D eigenvalue weighted by Crippen LogP contribution is 2.26. The van der Waals surface area contributed by atoms with Crippen molar-refractivity contribution >= 4 is 28.8 Å². The van der Waals surface area contributed by atoms with Gasteiger partial charge >= 0.3 is 0 Å². The third-order valence-corrected chi connectivity index (χ3v) is 4.67. The lowest BCUT2D eigenvalue weighted by Crippen LogP contribution is -2.09. The lowest BCUT2D eigenvalue weighted by atomic mass is 10.1. The van der Waals surface area contributed by atoms with Gasteiger partial charge in [-0.15, -0.1) is 0 Å². The summed E-state index contributed by atoms with van der Waals surface area (Å²) in [5.41, 5.74) is 4.80. The largest absolute Gasteiger partial charge is 0.363 e. The van der Waals surface area contributed by atoms with E-state index >= 15 is 0 Å². The van der Waals surface area contributed by atoms with Crippen LogP contribution in [-0.2, 0) is 4.79 Å². The number of aryl methyl sites for hydroxylation is 1. The van der Waals surface area contributed by atoms with Crippen molar-refractivity contribution in [2.75, 3.05) is 10.6 Å². The van der Waals surface area contributed by atoms with E-state index in [4.69, 9.17) is 0 Å². The second-order valence-electron chi connectivity index (χ2n) is 6.72. The lowest BCUT2D eigenvalue weighted by Gasteiger charge is -2.17. The van der Waals surface area contributed by atoms with Gasteiger partial charge in [-0.25, -0.2) is 9.97 Å². The summed E-state index contributed by atoms with van der Waals surface area (Å²) in [7, 11) is 0. The van der Waals surface area contributed by atoms with Gasteiger partial charge in [0, 0.05) is 29.0 Å². The number of hydrogen-bond acceptors (Lipinski definition) is 4. The fraction of sp³-hybridized carbons (Fsp3) is 0.136. The molecular weight excluding hydrogens is 350 g/mol. The highest BCUT2D eigenvalue weighted by molar-refractivity contribution is 5.84. The zero-order valence-electron chi connectivity index (χ0n) is 15.7. The molecule has 1 unspecified atom stereocenters. The zero-order valence-corrected chi connectivity index (χ0v) is 15.7. The number of aromatic nitrogens is 3. The average molecular weight is 371 g/mol. The standard InChI is InChI=1S/C22H21N5O/c1-14(17-4-3-5-19(10-17)24-13-28)25-22-12-21(26-15(2)27-22)18-7-6-16-8-9-23-20(16)11-18/h3-14,23H,1-2H3,(H,24,28)(H,25,26,27). The smallest absolute Gasteiger partial charge is 0.211 e.